The van der Waals surface area contributed by atoms with Crippen LogP contribution in [0.4, 0.5) is 0 Å². The van der Waals surface area contributed by atoms with Gasteiger partial charge in [0.15, 0.2) is 0 Å². The van der Waals surface area contributed by atoms with Crippen molar-refractivity contribution < 1.29 is 50.4 Å². The Morgan fingerprint density at radius 1 is 0.621 bits per heavy atom. The second-order valence-corrected chi connectivity index (χ2v) is 14.4. The summed E-state index contributed by atoms with van der Waals surface area (Å²) >= 11 is 6.04. The number of carbonyl (C=O) groups is 2. The Morgan fingerprint density at radius 3 is 1.62 bits per heavy atom. The monoisotopic (exact) mass is 798 g/mol. The van der Waals surface area contributed by atoms with Crippen LogP contribution >= 0.6 is 11.6 Å². The molecule has 0 radical (unpaired) electrons. The number of nitrogens with one attached hydrogen (secondary N) is 4. The molecule has 58 heavy (non-hydrogen) atoms. The van der Waals surface area contributed by atoms with E-state index in [-0.39, 0.29) is 54.6 Å². The molecule has 5 N–H and O–H groups in total. The predicted molar refractivity (Wildman–Crippen MR) is 225 cm³/mol. The number of ether oxygens (including phenoxy) is 1. The Morgan fingerprint density at radius 2 is 1.12 bits per heavy atom. The fourth-order valence-electron chi connectivity index (χ4n) is 7.05. The molecule has 0 fully saturated rings. The second-order valence-electron chi connectivity index (χ2n) is 14.0. The maximum Gasteiger partial charge on any atom is 1.00 e. The SMILES string of the molecule is CC1CNC(=O)c2cc(-c3cccc4ccc(Cl)nc34)[nH]c21.CC1CNC(=O)c2cc(-c3cccc4ccc(Oc5ccccc5)nc34)[nH]c21.Oc1ccccc1.[H-].[Na+]. The zero-order valence-corrected chi connectivity index (χ0v) is 35.0. The van der Waals surface area contributed by atoms with Crippen LogP contribution in [0.3, 0.4) is 0 Å². The van der Waals surface area contributed by atoms with Crippen LogP contribution in [0.1, 0.15) is 59.2 Å². The number of fused-ring (bicyclic) bond motifs is 4. The predicted octanol–water partition coefficient (Wildman–Crippen LogP) is 7.11. The molecule has 6 heterocycles. The van der Waals surface area contributed by atoms with E-state index in [4.69, 9.17) is 26.4 Å². The molecular formula is C46H40ClN6NaO4. The number of benzene rings is 4. The average molecular weight is 799 g/mol. The number of nitrogens with zero attached hydrogens (tertiary/aromatic N) is 2. The van der Waals surface area contributed by atoms with E-state index in [1.54, 1.807) is 30.3 Å². The van der Waals surface area contributed by atoms with E-state index < -0.39 is 0 Å². The number of pyridine rings is 2. The molecule has 10 nitrogen and oxygen atoms in total. The van der Waals surface area contributed by atoms with Gasteiger partial charge in [0.2, 0.25) is 5.88 Å². The molecule has 2 aliphatic rings. The summed E-state index contributed by atoms with van der Waals surface area (Å²) in [5, 5.41) is 17.0. The minimum Gasteiger partial charge on any atom is -1.00 e. The molecule has 4 aromatic carbocycles. The van der Waals surface area contributed by atoms with Crippen LogP contribution in [-0.4, -0.2) is 49.9 Å². The first-order valence-electron chi connectivity index (χ1n) is 18.7. The first kappa shape index (κ1) is 40.3. The van der Waals surface area contributed by atoms with Gasteiger partial charge in [-0.3, -0.25) is 9.59 Å². The normalized spacial score (nSPS) is 15.3. The van der Waals surface area contributed by atoms with Gasteiger partial charge >= 0.3 is 29.6 Å². The third-order valence-electron chi connectivity index (χ3n) is 9.99. The van der Waals surface area contributed by atoms with Crippen LogP contribution in [0.2, 0.25) is 5.15 Å². The number of amides is 2. The molecular weight excluding hydrogens is 759 g/mol. The van der Waals surface area contributed by atoms with Gasteiger partial charge in [0.1, 0.15) is 16.7 Å². The van der Waals surface area contributed by atoms with Crippen LogP contribution < -0.4 is 44.9 Å². The van der Waals surface area contributed by atoms with Gasteiger partial charge in [-0.15, -0.1) is 0 Å². The van der Waals surface area contributed by atoms with Gasteiger partial charge in [-0.25, -0.2) is 9.97 Å². The van der Waals surface area contributed by atoms with Crippen LogP contribution in [-0.2, 0) is 0 Å². The number of hydrogen-bond donors (Lipinski definition) is 5. The molecule has 4 aromatic heterocycles. The molecule has 10 rings (SSSR count). The van der Waals surface area contributed by atoms with Gasteiger partial charge < -0.3 is 31.9 Å². The van der Waals surface area contributed by atoms with Crippen molar-refractivity contribution in [2.45, 2.75) is 25.7 Å². The summed E-state index contributed by atoms with van der Waals surface area (Å²) in [5.41, 5.74) is 8.75. The molecule has 12 heteroatoms. The van der Waals surface area contributed by atoms with Crippen molar-refractivity contribution in [1.29, 1.82) is 0 Å². The number of aromatic nitrogens is 4. The number of para-hydroxylation sites is 4. The summed E-state index contributed by atoms with van der Waals surface area (Å²) in [7, 11) is 0. The van der Waals surface area contributed by atoms with Crippen molar-refractivity contribution >= 4 is 45.2 Å². The van der Waals surface area contributed by atoms with Crippen LogP contribution in [0, 0.1) is 0 Å². The van der Waals surface area contributed by atoms with Crippen LogP contribution in [0.25, 0.3) is 44.3 Å². The zero-order valence-electron chi connectivity index (χ0n) is 33.2. The van der Waals surface area contributed by atoms with Crippen molar-refractivity contribution in [3.05, 3.63) is 161 Å². The third-order valence-corrected chi connectivity index (χ3v) is 10.2. The maximum absolute atomic E-state index is 12.2. The molecule has 2 amide bonds. The molecule has 0 saturated carbocycles. The number of halogens is 1. The van der Waals surface area contributed by atoms with Gasteiger partial charge in [0.25, 0.3) is 11.8 Å². The smallest absolute Gasteiger partial charge is 1.00 e. The Labute approximate surface area is 363 Å². The van der Waals surface area contributed by atoms with Crippen LogP contribution in [0.15, 0.2) is 133 Å². The standard InChI is InChI=1S/C23H19N3O2.C17H14ClN3O.C6H6O.Na.H/c1-14-13-24-23(27)18-12-19(25-21(14)18)17-9-5-6-15-10-11-20(26-22(15)17)28-16-7-3-2-4-8-16;1-9-8-19-17(22)12-7-13(20-15(9)12)11-4-2-3-10-5-6-14(18)21-16(10)11;7-6-4-2-1-3-5-6;;/h2-12,14,25H,13H2,1H3,(H,24,27);2-7,9,20H,8H2,1H3,(H,19,22);1-5,7H;;/q;;;+1;-1. The van der Waals surface area contributed by atoms with Crippen molar-refractivity contribution in [3.8, 4) is 39.9 Å². The molecule has 0 spiro atoms. The molecule has 0 aliphatic carbocycles. The van der Waals surface area contributed by atoms with Gasteiger partial charge in [0, 0.05) is 75.7 Å². The minimum absolute atomic E-state index is 0. The summed E-state index contributed by atoms with van der Waals surface area (Å²) in [4.78, 5) is 40.3. The maximum atomic E-state index is 12.2. The largest absolute Gasteiger partial charge is 1.00 e. The van der Waals surface area contributed by atoms with Gasteiger partial charge in [-0.05, 0) is 54.6 Å². The Bertz CT molecular complexity index is 2740. The first-order valence-corrected chi connectivity index (χ1v) is 19.0. The molecule has 2 atom stereocenters. The number of rotatable bonds is 4. The quantitative estimate of drug-likeness (QED) is 0.0949. The van der Waals surface area contributed by atoms with E-state index in [1.165, 1.54) is 0 Å². The van der Waals surface area contributed by atoms with E-state index in [9.17, 15) is 9.59 Å². The summed E-state index contributed by atoms with van der Waals surface area (Å²) in [6.45, 7) is 5.50. The zero-order chi connectivity index (χ0) is 39.5. The van der Waals surface area contributed by atoms with Crippen LogP contribution in [0.5, 0.6) is 17.4 Å². The number of aromatic hydroxyl groups is 1. The van der Waals surface area contributed by atoms with Gasteiger partial charge in [0.05, 0.1) is 22.2 Å². The number of aromatic amines is 2. The Hall–Kier alpha value is -5.91. The number of phenols is 1. The van der Waals surface area contributed by atoms with Gasteiger partial charge in [-0.2, -0.15) is 0 Å². The minimum atomic E-state index is -0.0307. The van der Waals surface area contributed by atoms with Gasteiger partial charge in [-0.1, -0.05) is 98.2 Å². The summed E-state index contributed by atoms with van der Waals surface area (Å²) in [6, 6.07) is 41.8. The summed E-state index contributed by atoms with van der Waals surface area (Å²) in [5.74, 6) is 2.07. The summed E-state index contributed by atoms with van der Waals surface area (Å²) < 4.78 is 5.91. The fourth-order valence-corrected chi connectivity index (χ4v) is 7.20. The van der Waals surface area contributed by atoms with Crippen molar-refractivity contribution in [3.63, 3.8) is 0 Å². The van der Waals surface area contributed by atoms with E-state index >= 15 is 0 Å². The molecule has 0 saturated heterocycles. The molecule has 0 bridgehead atoms. The van der Waals surface area contributed by atoms with Crippen molar-refractivity contribution in [2.75, 3.05) is 13.1 Å². The number of phenolic OH excluding ortho intramolecular Hbond substituents is 1. The fraction of sp³-hybridized carbons (Fsp3) is 0.130. The summed E-state index contributed by atoms with van der Waals surface area (Å²) in [6.07, 6.45) is 0. The number of carbonyl (C=O) groups excluding carboxylic acids is 2. The Kier molecular flexibility index (Phi) is 12.3. The van der Waals surface area contributed by atoms with E-state index in [2.05, 4.69) is 39.4 Å². The number of hydrogen-bond acceptors (Lipinski definition) is 6. The second kappa shape index (κ2) is 17.7. The molecule has 286 valence electrons. The molecule has 8 aromatic rings. The van der Waals surface area contributed by atoms with E-state index in [0.29, 0.717) is 41.0 Å². The topological polar surface area (TPSA) is 145 Å². The van der Waals surface area contributed by atoms with E-state index in [1.807, 2.05) is 103 Å². The first-order chi connectivity index (χ1) is 27.7. The molecule has 2 unspecified atom stereocenters. The molecule has 2 aliphatic heterocycles. The average Bonchev–Trinajstić information content (AvgIpc) is 3.90. The van der Waals surface area contributed by atoms with Crippen molar-refractivity contribution in [2.24, 2.45) is 0 Å². The van der Waals surface area contributed by atoms with E-state index in [0.717, 1.165) is 61.5 Å². The third kappa shape index (κ3) is 8.66. The number of H-pyrrole nitrogens is 2. The van der Waals surface area contributed by atoms with Crippen molar-refractivity contribution in [1.82, 2.24) is 30.6 Å². The Balaban J connectivity index is 0.000000168.